The summed E-state index contributed by atoms with van der Waals surface area (Å²) < 4.78 is 1.69. The standard InChI is InChI=1S/C7H12N4/c1-10(2)7(8)6-4-5-11(3)9-6/h4-5,8H,1-3H3. The second-order valence-corrected chi connectivity index (χ2v) is 2.62. The smallest absolute Gasteiger partial charge is 0.148 e. The first-order valence-corrected chi connectivity index (χ1v) is 3.37. The third-order valence-corrected chi connectivity index (χ3v) is 1.40. The van der Waals surface area contributed by atoms with Crippen LogP contribution in [0.25, 0.3) is 0 Å². The number of hydrogen-bond donors (Lipinski definition) is 1. The molecular formula is C7H12N4. The maximum absolute atomic E-state index is 7.55. The van der Waals surface area contributed by atoms with Gasteiger partial charge in [0.15, 0.2) is 0 Å². The lowest BCUT2D eigenvalue weighted by Crippen LogP contribution is -2.22. The van der Waals surface area contributed by atoms with E-state index in [0.717, 1.165) is 0 Å². The molecule has 0 radical (unpaired) electrons. The fraction of sp³-hybridized carbons (Fsp3) is 0.429. The minimum absolute atomic E-state index is 0.436. The molecule has 11 heavy (non-hydrogen) atoms. The van der Waals surface area contributed by atoms with Gasteiger partial charge in [0.2, 0.25) is 0 Å². The zero-order chi connectivity index (χ0) is 8.43. The molecule has 0 spiro atoms. The number of aryl methyl sites for hydroxylation is 1. The summed E-state index contributed by atoms with van der Waals surface area (Å²) >= 11 is 0. The van der Waals surface area contributed by atoms with E-state index in [1.807, 2.05) is 33.4 Å². The largest absolute Gasteiger partial charge is 0.361 e. The Kier molecular flexibility index (Phi) is 1.94. The molecule has 0 aromatic carbocycles. The van der Waals surface area contributed by atoms with E-state index in [4.69, 9.17) is 5.41 Å². The normalized spacial score (nSPS) is 9.73. The summed E-state index contributed by atoms with van der Waals surface area (Å²) in [5, 5.41) is 11.6. The summed E-state index contributed by atoms with van der Waals surface area (Å²) in [7, 11) is 5.50. The van der Waals surface area contributed by atoms with Gasteiger partial charge in [-0.2, -0.15) is 5.10 Å². The number of nitrogens with one attached hydrogen (secondary N) is 1. The highest BCUT2D eigenvalue weighted by Crippen LogP contribution is 1.96. The molecule has 0 amide bonds. The molecule has 0 bridgehead atoms. The zero-order valence-electron chi connectivity index (χ0n) is 7.00. The van der Waals surface area contributed by atoms with Crippen LogP contribution in [0.2, 0.25) is 0 Å². The van der Waals surface area contributed by atoms with Gasteiger partial charge in [0.05, 0.1) is 0 Å². The van der Waals surface area contributed by atoms with Crippen LogP contribution in [0.5, 0.6) is 0 Å². The minimum Gasteiger partial charge on any atom is -0.361 e. The number of aromatic nitrogens is 2. The molecule has 4 nitrogen and oxygen atoms in total. The molecule has 1 aromatic rings. The Morgan fingerprint density at radius 3 is 2.64 bits per heavy atom. The molecule has 1 aromatic heterocycles. The van der Waals surface area contributed by atoms with Crippen molar-refractivity contribution < 1.29 is 0 Å². The second-order valence-electron chi connectivity index (χ2n) is 2.62. The van der Waals surface area contributed by atoms with Crippen molar-refractivity contribution in [3.63, 3.8) is 0 Å². The second kappa shape index (κ2) is 2.74. The Labute approximate surface area is 65.9 Å². The minimum atomic E-state index is 0.436. The van der Waals surface area contributed by atoms with Gasteiger partial charge in [0, 0.05) is 27.3 Å². The first kappa shape index (κ1) is 7.78. The van der Waals surface area contributed by atoms with E-state index < -0.39 is 0 Å². The molecule has 1 rings (SSSR count). The van der Waals surface area contributed by atoms with Gasteiger partial charge >= 0.3 is 0 Å². The van der Waals surface area contributed by atoms with Crippen LogP contribution in [0.1, 0.15) is 5.69 Å². The predicted octanol–water partition coefficient (Wildman–Crippen LogP) is 0.307. The lowest BCUT2D eigenvalue weighted by atomic mass is 10.4. The van der Waals surface area contributed by atoms with Crippen molar-refractivity contribution in [2.75, 3.05) is 14.1 Å². The summed E-state index contributed by atoms with van der Waals surface area (Å²) in [5.74, 6) is 0.436. The van der Waals surface area contributed by atoms with Crippen LogP contribution in [0.15, 0.2) is 12.3 Å². The van der Waals surface area contributed by atoms with E-state index in [1.54, 1.807) is 9.58 Å². The van der Waals surface area contributed by atoms with Crippen molar-refractivity contribution in [2.45, 2.75) is 0 Å². The van der Waals surface area contributed by atoms with Gasteiger partial charge in [-0.25, -0.2) is 0 Å². The third-order valence-electron chi connectivity index (χ3n) is 1.40. The SMILES string of the molecule is CN(C)C(=N)c1ccn(C)n1. The van der Waals surface area contributed by atoms with Crippen molar-refractivity contribution in [2.24, 2.45) is 7.05 Å². The summed E-state index contributed by atoms with van der Waals surface area (Å²) in [4.78, 5) is 1.72. The molecule has 0 unspecified atom stereocenters. The lowest BCUT2D eigenvalue weighted by molar-refractivity contribution is 0.613. The van der Waals surface area contributed by atoms with Crippen molar-refractivity contribution >= 4 is 5.84 Å². The molecule has 0 atom stereocenters. The molecule has 0 saturated carbocycles. The molecule has 1 N–H and O–H groups in total. The third kappa shape index (κ3) is 1.58. The highest BCUT2D eigenvalue weighted by Gasteiger charge is 2.04. The molecule has 1 heterocycles. The van der Waals surface area contributed by atoms with E-state index in [2.05, 4.69) is 5.10 Å². The maximum Gasteiger partial charge on any atom is 0.148 e. The Bertz CT molecular complexity index is 261. The topological polar surface area (TPSA) is 44.9 Å². The Morgan fingerprint density at radius 1 is 1.64 bits per heavy atom. The van der Waals surface area contributed by atoms with E-state index >= 15 is 0 Å². The Morgan fingerprint density at radius 2 is 2.27 bits per heavy atom. The van der Waals surface area contributed by atoms with Gasteiger partial charge < -0.3 is 4.90 Å². The van der Waals surface area contributed by atoms with Crippen molar-refractivity contribution in [1.29, 1.82) is 5.41 Å². The number of nitrogens with zero attached hydrogens (tertiary/aromatic N) is 3. The van der Waals surface area contributed by atoms with Crippen LogP contribution in [0, 0.1) is 5.41 Å². The number of rotatable bonds is 1. The monoisotopic (exact) mass is 152 g/mol. The average molecular weight is 152 g/mol. The van der Waals surface area contributed by atoms with Crippen molar-refractivity contribution in [3.8, 4) is 0 Å². The van der Waals surface area contributed by atoms with Crippen LogP contribution in [0.3, 0.4) is 0 Å². The fourth-order valence-electron chi connectivity index (χ4n) is 0.770. The maximum atomic E-state index is 7.55. The van der Waals surface area contributed by atoms with Gasteiger partial charge in [-0.3, -0.25) is 10.1 Å². The van der Waals surface area contributed by atoms with Crippen molar-refractivity contribution in [3.05, 3.63) is 18.0 Å². The zero-order valence-corrected chi connectivity index (χ0v) is 7.00. The van der Waals surface area contributed by atoms with E-state index in [0.29, 0.717) is 11.5 Å². The highest BCUT2D eigenvalue weighted by molar-refractivity contribution is 5.93. The Hall–Kier alpha value is -1.32. The van der Waals surface area contributed by atoms with Gasteiger partial charge in [-0.1, -0.05) is 0 Å². The molecule has 0 saturated heterocycles. The first-order valence-electron chi connectivity index (χ1n) is 3.37. The van der Waals surface area contributed by atoms with E-state index in [9.17, 15) is 0 Å². The van der Waals surface area contributed by atoms with Gasteiger partial charge in [-0.05, 0) is 6.07 Å². The van der Waals surface area contributed by atoms with Crippen LogP contribution in [0.4, 0.5) is 0 Å². The van der Waals surface area contributed by atoms with E-state index in [-0.39, 0.29) is 0 Å². The van der Waals surface area contributed by atoms with Crippen molar-refractivity contribution in [1.82, 2.24) is 14.7 Å². The average Bonchev–Trinajstić information content (AvgIpc) is 2.34. The van der Waals surface area contributed by atoms with Crippen LogP contribution < -0.4 is 0 Å². The van der Waals surface area contributed by atoms with Gasteiger partial charge in [0.1, 0.15) is 11.5 Å². The van der Waals surface area contributed by atoms with Gasteiger partial charge in [-0.15, -0.1) is 0 Å². The quantitative estimate of drug-likeness (QED) is 0.465. The molecule has 4 heteroatoms. The molecule has 0 aliphatic rings. The molecular weight excluding hydrogens is 140 g/mol. The van der Waals surface area contributed by atoms with Crippen LogP contribution in [-0.4, -0.2) is 34.6 Å². The molecule has 0 aliphatic carbocycles. The number of amidine groups is 1. The predicted molar refractivity (Wildman–Crippen MR) is 43.7 cm³/mol. The molecule has 60 valence electrons. The van der Waals surface area contributed by atoms with Crippen LogP contribution in [-0.2, 0) is 7.05 Å². The summed E-state index contributed by atoms with van der Waals surface area (Å²) in [6.45, 7) is 0. The van der Waals surface area contributed by atoms with Gasteiger partial charge in [0.25, 0.3) is 0 Å². The molecule has 0 aliphatic heterocycles. The Balaban J connectivity index is 2.85. The van der Waals surface area contributed by atoms with Crippen LogP contribution >= 0.6 is 0 Å². The lowest BCUT2D eigenvalue weighted by Gasteiger charge is -2.10. The summed E-state index contributed by atoms with van der Waals surface area (Å²) in [5.41, 5.74) is 0.706. The first-order chi connectivity index (χ1) is 5.11. The fourth-order valence-corrected chi connectivity index (χ4v) is 0.770. The summed E-state index contributed by atoms with van der Waals surface area (Å²) in [6, 6.07) is 1.82. The highest BCUT2D eigenvalue weighted by atomic mass is 15.3. The number of hydrogen-bond acceptors (Lipinski definition) is 2. The van der Waals surface area contributed by atoms with E-state index in [1.165, 1.54) is 0 Å². The molecule has 0 fully saturated rings. The summed E-state index contributed by atoms with van der Waals surface area (Å²) in [6.07, 6.45) is 1.83.